The van der Waals surface area contributed by atoms with E-state index in [0.717, 1.165) is 16.8 Å². The molecule has 6 heteroatoms. The smallest absolute Gasteiger partial charge is 0.251 e. The van der Waals surface area contributed by atoms with E-state index < -0.39 is 0 Å². The maximum absolute atomic E-state index is 11.9. The van der Waals surface area contributed by atoms with Crippen molar-refractivity contribution in [2.24, 2.45) is 5.84 Å². The highest BCUT2D eigenvalue weighted by molar-refractivity contribution is 5.94. The number of anilines is 1. The lowest BCUT2D eigenvalue weighted by molar-refractivity contribution is 0.0951. The number of amides is 1. The molecule has 0 atom stereocenters. The van der Waals surface area contributed by atoms with Crippen LogP contribution in [-0.2, 0) is 6.54 Å². The standard InChI is InChI=1S/C12H15N5O/c1-8-4-10(2-3-11(8)17-13)12(18)14-5-9-6-15-16-7-9/h2-4,6-7,17H,5,13H2,1H3,(H,14,18)(H,15,16). The molecule has 0 aliphatic rings. The number of rotatable bonds is 4. The number of aromatic amines is 1. The van der Waals surface area contributed by atoms with E-state index in [-0.39, 0.29) is 5.91 Å². The Morgan fingerprint density at radius 1 is 1.50 bits per heavy atom. The molecule has 0 saturated carbocycles. The van der Waals surface area contributed by atoms with Crippen molar-refractivity contribution < 1.29 is 4.79 Å². The predicted molar refractivity (Wildman–Crippen MR) is 68.7 cm³/mol. The number of carbonyl (C=O) groups excluding carboxylic acids is 1. The van der Waals surface area contributed by atoms with E-state index in [2.05, 4.69) is 20.9 Å². The molecule has 2 rings (SSSR count). The fourth-order valence-electron chi connectivity index (χ4n) is 1.63. The van der Waals surface area contributed by atoms with Crippen molar-refractivity contribution in [2.75, 3.05) is 5.43 Å². The summed E-state index contributed by atoms with van der Waals surface area (Å²) in [4.78, 5) is 11.9. The first-order chi connectivity index (χ1) is 8.70. The molecule has 1 aromatic carbocycles. The zero-order valence-corrected chi connectivity index (χ0v) is 10.0. The van der Waals surface area contributed by atoms with Gasteiger partial charge in [-0.05, 0) is 30.7 Å². The minimum atomic E-state index is -0.122. The number of hydrazine groups is 1. The van der Waals surface area contributed by atoms with Crippen molar-refractivity contribution in [1.29, 1.82) is 0 Å². The maximum atomic E-state index is 11.9. The number of carbonyl (C=O) groups is 1. The summed E-state index contributed by atoms with van der Waals surface area (Å²) in [5.74, 6) is 5.22. The lowest BCUT2D eigenvalue weighted by Crippen LogP contribution is -2.22. The average molecular weight is 245 g/mol. The number of H-pyrrole nitrogens is 1. The second-order valence-electron chi connectivity index (χ2n) is 3.96. The van der Waals surface area contributed by atoms with E-state index >= 15 is 0 Å². The van der Waals surface area contributed by atoms with Crippen LogP contribution in [-0.4, -0.2) is 16.1 Å². The molecule has 0 spiro atoms. The molecule has 0 fully saturated rings. The van der Waals surface area contributed by atoms with E-state index in [1.54, 1.807) is 30.6 Å². The van der Waals surface area contributed by atoms with Crippen LogP contribution < -0.4 is 16.6 Å². The van der Waals surface area contributed by atoms with Gasteiger partial charge in [0, 0.05) is 23.9 Å². The van der Waals surface area contributed by atoms with Crippen molar-refractivity contribution in [3.05, 3.63) is 47.3 Å². The van der Waals surface area contributed by atoms with Gasteiger partial charge in [0.1, 0.15) is 0 Å². The van der Waals surface area contributed by atoms with Crippen molar-refractivity contribution in [3.63, 3.8) is 0 Å². The second-order valence-corrected chi connectivity index (χ2v) is 3.96. The van der Waals surface area contributed by atoms with Crippen LogP contribution in [0.1, 0.15) is 21.5 Å². The van der Waals surface area contributed by atoms with Crippen LogP contribution in [0.4, 0.5) is 5.69 Å². The highest BCUT2D eigenvalue weighted by Crippen LogP contribution is 2.15. The number of nitrogens with two attached hydrogens (primary N) is 1. The Kier molecular flexibility index (Phi) is 3.59. The second kappa shape index (κ2) is 5.33. The van der Waals surface area contributed by atoms with Gasteiger partial charge in [-0.15, -0.1) is 0 Å². The van der Waals surface area contributed by atoms with E-state index in [9.17, 15) is 4.79 Å². The zero-order valence-electron chi connectivity index (χ0n) is 10.0. The van der Waals surface area contributed by atoms with Crippen molar-refractivity contribution in [2.45, 2.75) is 13.5 Å². The number of benzene rings is 1. The van der Waals surface area contributed by atoms with Gasteiger partial charge in [-0.25, -0.2) is 0 Å². The molecular weight excluding hydrogens is 230 g/mol. The SMILES string of the molecule is Cc1cc(C(=O)NCc2cn[nH]c2)ccc1NN. The molecule has 0 aliphatic heterocycles. The van der Waals surface area contributed by atoms with Gasteiger partial charge in [-0.1, -0.05) is 0 Å². The number of nitrogens with one attached hydrogen (secondary N) is 3. The van der Waals surface area contributed by atoms with Crippen molar-refractivity contribution in [1.82, 2.24) is 15.5 Å². The van der Waals surface area contributed by atoms with E-state index in [4.69, 9.17) is 5.84 Å². The lowest BCUT2D eigenvalue weighted by Gasteiger charge is -2.08. The number of hydrogen-bond donors (Lipinski definition) is 4. The molecule has 1 heterocycles. The molecule has 94 valence electrons. The van der Waals surface area contributed by atoms with Gasteiger partial charge in [-0.3, -0.25) is 15.7 Å². The molecule has 0 radical (unpaired) electrons. The summed E-state index contributed by atoms with van der Waals surface area (Å²) < 4.78 is 0. The van der Waals surface area contributed by atoms with Crippen LogP contribution in [0.15, 0.2) is 30.6 Å². The Morgan fingerprint density at radius 3 is 2.94 bits per heavy atom. The number of aromatic nitrogens is 2. The quantitative estimate of drug-likeness (QED) is 0.476. The molecule has 0 unspecified atom stereocenters. The Hall–Kier alpha value is -2.34. The predicted octanol–water partition coefficient (Wildman–Crippen LogP) is 0.934. The first kappa shape index (κ1) is 12.1. The van der Waals surface area contributed by atoms with Crippen molar-refractivity contribution >= 4 is 11.6 Å². The molecule has 1 aromatic heterocycles. The van der Waals surface area contributed by atoms with Crippen LogP contribution >= 0.6 is 0 Å². The van der Waals surface area contributed by atoms with Crippen LogP contribution in [0.25, 0.3) is 0 Å². The summed E-state index contributed by atoms with van der Waals surface area (Å²) in [7, 11) is 0. The van der Waals surface area contributed by atoms with Crippen LogP contribution in [0, 0.1) is 6.92 Å². The van der Waals surface area contributed by atoms with Crippen molar-refractivity contribution in [3.8, 4) is 0 Å². The summed E-state index contributed by atoms with van der Waals surface area (Å²) in [6.07, 6.45) is 3.42. The summed E-state index contributed by atoms with van der Waals surface area (Å²) >= 11 is 0. The third kappa shape index (κ3) is 2.67. The monoisotopic (exact) mass is 245 g/mol. The highest BCUT2D eigenvalue weighted by atomic mass is 16.1. The van der Waals surface area contributed by atoms with Crippen LogP contribution in [0.2, 0.25) is 0 Å². The molecule has 6 nitrogen and oxygen atoms in total. The topological polar surface area (TPSA) is 95.8 Å². The largest absolute Gasteiger partial charge is 0.348 e. The van der Waals surface area contributed by atoms with Gasteiger partial charge in [0.2, 0.25) is 0 Å². The first-order valence-electron chi connectivity index (χ1n) is 5.54. The number of nitrogens with zero attached hydrogens (tertiary/aromatic N) is 1. The third-order valence-electron chi connectivity index (χ3n) is 2.65. The van der Waals surface area contributed by atoms with Gasteiger partial charge in [-0.2, -0.15) is 5.10 Å². The molecule has 0 aliphatic carbocycles. The molecule has 5 N–H and O–H groups in total. The Balaban J connectivity index is 2.02. The Bertz CT molecular complexity index is 535. The molecule has 0 saturated heterocycles. The van der Waals surface area contributed by atoms with E-state index in [0.29, 0.717) is 12.1 Å². The van der Waals surface area contributed by atoms with Gasteiger partial charge < -0.3 is 10.7 Å². The minimum Gasteiger partial charge on any atom is -0.348 e. The van der Waals surface area contributed by atoms with Gasteiger partial charge in [0.25, 0.3) is 5.91 Å². The van der Waals surface area contributed by atoms with Crippen LogP contribution in [0.3, 0.4) is 0 Å². The summed E-state index contributed by atoms with van der Waals surface area (Å²) in [5, 5.41) is 9.32. The molecule has 0 bridgehead atoms. The fraction of sp³-hybridized carbons (Fsp3) is 0.167. The number of hydrogen-bond acceptors (Lipinski definition) is 4. The molecule has 1 amide bonds. The van der Waals surface area contributed by atoms with Gasteiger partial charge in [0.05, 0.1) is 11.9 Å². The molecular formula is C12H15N5O. The lowest BCUT2D eigenvalue weighted by atomic mass is 10.1. The first-order valence-corrected chi connectivity index (χ1v) is 5.54. The zero-order chi connectivity index (χ0) is 13.0. The molecule has 2 aromatic rings. The summed E-state index contributed by atoms with van der Waals surface area (Å²) in [6, 6.07) is 5.30. The van der Waals surface area contributed by atoms with Gasteiger partial charge >= 0.3 is 0 Å². The molecule has 18 heavy (non-hydrogen) atoms. The number of aryl methyl sites for hydroxylation is 1. The average Bonchev–Trinajstić information content (AvgIpc) is 2.89. The maximum Gasteiger partial charge on any atom is 0.251 e. The number of nitrogen functional groups attached to an aromatic ring is 1. The summed E-state index contributed by atoms with van der Waals surface area (Å²) in [5.41, 5.74) is 5.84. The highest BCUT2D eigenvalue weighted by Gasteiger charge is 2.07. The normalized spacial score (nSPS) is 10.1. The fourth-order valence-corrected chi connectivity index (χ4v) is 1.63. The van der Waals surface area contributed by atoms with E-state index in [1.165, 1.54) is 0 Å². The van der Waals surface area contributed by atoms with E-state index in [1.807, 2.05) is 6.92 Å². The van der Waals surface area contributed by atoms with Gasteiger partial charge in [0.15, 0.2) is 0 Å². The van der Waals surface area contributed by atoms with Crippen LogP contribution in [0.5, 0.6) is 0 Å². The third-order valence-corrected chi connectivity index (χ3v) is 2.65. The minimum absolute atomic E-state index is 0.122. The Labute approximate surface area is 105 Å². The Morgan fingerprint density at radius 2 is 2.33 bits per heavy atom. The summed E-state index contributed by atoms with van der Waals surface area (Å²) in [6.45, 7) is 2.34.